The Labute approximate surface area is 164 Å². The third kappa shape index (κ3) is 4.46. The Balaban J connectivity index is 1.45. The Hall–Kier alpha value is -2.02. The van der Waals surface area contributed by atoms with Crippen LogP contribution in [0.15, 0.2) is 39.7 Å². The van der Waals surface area contributed by atoms with Gasteiger partial charge in [0.05, 0.1) is 18.6 Å². The lowest BCUT2D eigenvalue weighted by molar-refractivity contribution is -0.127. The first-order valence-corrected chi connectivity index (χ1v) is 10.9. The zero-order chi connectivity index (χ0) is 18.5. The van der Waals surface area contributed by atoms with Gasteiger partial charge in [-0.1, -0.05) is 24.3 Å². The molecule has 0 spiro atoms. The van der Waals surface area contributed by atoms with E-state index < -0.39 is 0 Å². The summed E-state index contributed by atoms with van der Waals surface area (Å²) in [5.41, 5.74) is 1.13. The fourth-order valence-corrected chi connectivity index (χ4v) is 4.60. The molecular formula is C20H26N4O2S. The van der Waals surface area contributed by atoms with Crippen LogP contribution < -0.4 is 0 Å². The van der Waals surface area contributed by atoms with Crippen molar-refractivity contribution < 1.29 is 9.21 Å². The number of amides is 1. The summed E-state index contributed by atoms with van der Waals surface area (Å²) >= 11 is 1.50. The second-order valence-corrected chi connectivity index (χ2v) is 8.09. The third-order valence-corrected chi connectivity index (χ3v) is 6.16. The topological polar surface area (TPSA) is 64.2 Å². The van der Waals surface area contributed by atoms with Crippen molar-refractivity contribution in [2.45, 2.75) is 69.6 Å². The molecule has 0 radical (unpaired) electrons. The number of hydrogen-bond donors (Lipinski definition) is 0. The first-order valence-electron chi connectivity index (χ1n) is 9.88. The van der Waals surface area contributed by atoms with E-state index in [1.54, 1.807) is 6.26 Å². The van der Waals surface area contributed by atoms with Crippen LogP contribution in [0, 0.1) is 0 Å². The quantitative estimate of drug-likeness (QED) is 0.697. The van der Waals surface area contributed by atoms with Gasteiger partial charge in [0.1, 0.15) is 11.6 Å². The average Bonchev–Trinajstić information content (AvgIpc) is 3.29. The lowest BCUT2D eigenvalue weighted by Gasteiger charge is -2.27. The van der Waals surface area contributed by atoms with Crippen LogP contribution >= 0.6 is 11.8 Å². The average molecular weight is 387 g/mol. The van der Waals surface area contributed by atoms with E-state index in [9.17, 15) is 4.79 Å². The van der Waals surface area contributed by atoms with Gasteiger partial charge >= 0.3 is 0 Å². The molecule has 0 atom stereocenters. The minimum Gasteiger partial charge on any atom is -0.467 e. The highest BCUT2D eigenvalue weighted by molar-refractivity contribution is 7.99. The number of hydrogen-bond acceptors (Lipinski definition) is 5. The number of allylic oxidation sites excluding steroid dienone is 2. The number of aromatic nitrogens is 3. The van der Waals surface area contributed by atoms with Crippen molar-refractivity contribution in [1.29, 1.82) is 0 Å². The van der Waals surface area contributed by atoms with Gasteiger partial charge in [0.25, 0.3) is 0 Å². The number of thioether (sulfide) groups is 1. The first-order chi connectivity index (χ1) is 13.3. The minimum absolute atomic E-state index is 0.107. The normalized spacial score (nSPS) is 17.1. The van der Waals surface area contributed by atoms with E-state index >= 15 is 0 Å². The van der Waals surface area contributed by atoms with Gasteiger partial charge in [-0.3, -0.25) is 4.79 Å². The van der Waals surface area contributed by atoms with Gasteiger partial charge in [0.15, 0.2) is 5.16 Å². The van der Waals surface area contributed by atoms with Gasteiger partial charge in [-0.2, -0.15) is 0 Å². The molecule has 7 heteroatoms. The first kappa shape index (κ1) is 18.3. The van der Waals surface area contributed by atoms with Crippen LogP contribution in [-0.4, -0.2) is 31.3 Å². The molecule has 0 fully saturated rings. The van der Waals surface area contributed by atoms with Crippen molar-refractivity contribution in [3.8, 4) is 0 Å². The van der Waals surface area contributed by atoms with Crippen molar-refractivity contribution in [2.75, 3.05) is 5.75 Å². The fourth-order valence-electron chi connectivity index (χ4n) is 3.74. The molecule has 144 valence electrons. The van der Waals surface area contributed by atoms with Crippen molar-refractivity contribution in [3.63, 3.8) is 0 Å². The maximum absolute atomic E-state index is 13.1. The molecule has 2 aromatic heterocycles. The minimum atomic E-state index is 0.107. The van der Waals surface area contributed by atoms with E-state index in [1.807, 2.05) is 17.0 Å². The van der Waals surface area contributed by atoms with E-state index in [-0.39, 0.29) is 5.91 Å². The molecule has 1 aliphatic heterocycles. The summed E-state index contributed by atoms with van der Waals surface area (Å²) in [6.07, 6.45) is 12.8. The highest BCUT2D eigenvalue weighted by atomic mass is 32.2. The SMILES string of the molecule is O=C(CSc1nnc2n1CCCCC2)N(Cc1ccco1)C1=CCCCC1. The van der Waals surface area contributed by atoms with E-state index in [4.69, 9.17) is 4.42 Å². The van der Waals surface area contributed by atoms with Crippen LogP contribution in [0.1, 0.15) is 56.5 Å². The molecule has 4 rings (SSSR count). The van der Waals surface area contributed by atoms with Crippen molar-refractivity contribution in [1.82, 2.24) is 19.7 Å². The van der Waals surface area contributed by atoms with Crippen molar-refractivity contribution >= 4 is 17.7 Å². The molecule has 1 amide bonds. The molecule has 0 aromatic carbocycles. The summed E-state index contributed by atoms with van der Waals surface area (Å²) in [7, 11) is 0. The Kier molecular flexibility index (Phi) is 5.97. The molecule has 2 aliphatic rings. The second-order valence-electron chi connectivity index (χ2n) is 7.15. The highest BCUT2D eigenvalue weighted by Gasteiger charge is 2.23. The fraction of sp³-hybridized carbons (Fsp3) is 0.550. The van der Waals surface area contributed by atoms with Gasteiger partial charge in [-0.15, -0.1) is 10.2 Å². The summed E-state index contributed by atoms with van der Waals surface area (Å²) in [5.74, 6) is 2.35. The highest BCUT2D eigenvalue weighted by Crippen LogP contribution is 2.26. The number of furan rings is 1. The second kappa shape index (κ2) is 8.78. The Morgan fingerprint density at radius 3 is 2.93 bits per heavy atom. The largest absolute Gasteiger partial charge is 0.467 e. The van der Waals surface area contributed by atoms with Gasteiger partial charge < -0.3 is 13.9 Å². The summed E-state index contributed by atoms with van der Waals surface area (Å²) in [6, 6.07) is 3.79. The van der Waals surface area contributed by atoms with Crippen LogP contribution in [0.4, 0.5) is 0 Å². The summed E-state index contributed by atoms with van der Waals surface area (Å²) in [6.45, 7) is 1.45. The van der Waals surface area contributed by atoms with Gasteiger partial charge in [-0.25, -0.2) is 0 Å². The summed E-state index contributed by atoms with van der Waals surface area (Å²) in [5, 5.41) is 9.53. The molecule has 3 heterocycles. The van der Waals surface area contributed by atoms with E-state index in [0.29, 0.717) is 12.3 Å². The number of aryl methyl sites for hydroxylation is 1. The van der Waals surface area contributed by atoms with Gasteiger partial charge in [-0.05, 0) is 50.7 Å². The third-order valence-electron chi connectivity index (χ3n) is 5.21. The van der Waals surface area contributed by atoms with Crippen LogP contribution in [0.25, 0.3) is 0 Å². The molecule has 0 unspecified atom stereocenters. The van der Waals surface area contributed by atoms with Crippen LogP contribution in [-0.2, 0) is 24.3 Å². The predicted molar refractivity (Wildman–Crippen MR) is 104 cm³/mol. The lowest BCUT2D eigenvalue weighted by atomic mass is 10.0. The maximum atomic E-state index is 13.1. The number of carbonyl (C=O) groups is 1. The van der Waals surface area contributed by atoms with E-state index in [2.05, 4.69) is 20.8 Å². The Morgan fingerprint density at radius 2 is 2.11 bits per heavy atom. The molecule has 0 bridgehead atoms. The van der Waals surface area contributed by atoms with E-state index in [1.165, 1.54) is 31.0 Å². The standard InChI is InChI=1S/C20H26N4O2S/c25-19(15-27-20-22-21-18-11-5-2-6-12-23(18)20)24(14-17-10-7-13-26-17)16-8-3-1-4-9-16/h7-8,10,13H,1-6,9,11-12,14-15H2. The van der Waals surface area contributed by atoms with Crippen LogP contribution in [0.5, 0.6) is 0 Å². The molecular weight excluding hydrogens is 360 g/mol. The number of fused-ring (bicyclic) bond motifs is 1. The number of nitrogens with zero attached hydrogens (tertiary/aromatic N) is 4. The Bertz CT molecular complexity index is 797. The molecule has 0 saturated heterocycles. The molecule has 2 aromatic rings. The number of carbonyl (C=O) groups excluding carboxylic acids is 1. The lowest BCUT2D eigenvalue weighted by Crippen LogP contribution is -2.32. The van der Waals surface area contributed by atoms with Crippen LogP contribution in [0.2, 0.25) is 0 Å². The van der Waals surface area contributed by atoms with Gasteiger partial charge in [0.2, 0.25) is 5.91 Å². The molecule has 6 nitrogen and oxygen atoms in total. The van der Waals surface area contributed by atoms with Gasteiger partial charge in [0, 0.05) is 18.7 Å². The maximum Gasteiger partial charge on any atom is 0.237 e. The van der Waals surface area contributed by atoms with Crippen molar-refractivity contribution in [2.24, 2.45) is 0 Å². The Morgan fingerprint density at radius 1 is 1.19 bits per heavy atom. The molecule has 0 N–H and O–H groups in total. The van der Waals surface area contributed by atoms with Crippen molar-refractivity contribution in [3.05, 3.63) is 41.8 Å². The predicted octanol–water partition coefficient (Wildman–Crippen LogP) is 4.18. The molecule has 27 heavy (non-hydrogen) atoms. The van der Waals surface area contributed by atoms with E-state index in [0.717, 1.165) is 61.1 Å². The monoisotopic (exact) mass is 386 g/mol. The molecule has 1 aliphatic carbocycles. The van der Waals surface area contributed by atoms with Crippen LogP contribution in [0.3, 0.4) is 0 Å². The molecule has 0 saturated carbocycles. The smallest absolute Gasteiger partial charge is 0.237 e. The summed E-state index contributed by atoms with van der Waals surface area (Å²) < 4.78 is 7.69. The summed E-state index contributed by atoms with van der Waals surface area (Å²) in [4.78, 5) is 15.0. The zero-order valence-electron chi connectivity index (χ0n) is 15.6. The zero-order valence-corrected chi connectivity index (χ0v) is 16.4. The number of rotatable bonds is 6.